The van der Waals surface area contributed by atoms with Gasteiger partial charge < -0.3 is 10.6 Å². The Bertz CT molecular complexity index is 1160. The van der Waals surface area contributed by atoms with Gasteiger partial charge in [0.2, 0.25) is 5.95 Å². The molecule has 1 aromatic heterocycles. The van der Waals surface area contributed by atoms with Gasteiger partial charge in [0.05, 0.1) is 4.90 Å². The fourth-order valence-electron chi connectivity index (χ4n) is 3.11. The van der Waals surface area contributed by atoms with Crippen LogP contribution < -0.4 is 15.4 Å². The molecule has 0 amide bonds. The van der Waals surface area contributed by atoms with Crippen LogP contribution in [0.4, 0.5) is 23.1 Å². The van der Waals surface area contributed by atoms with Gasteiger partial charge in [-0.25, -0.2) is 13.4 Å². The van der Waals surface area contributed by atoms with Crippen molar-refractivity contribution in [2.75, 3.05) is 21.9 Å². The van der Waals surface area contributed by atoms with Crippen molar-refractivity contribution in [2.45, 2.75) is 45.4 Å². The zero-order chi connectivity index (χ0) is 22.6. The van der Waals surface area contributed by atoms with E-state index in [0.29, 0.717) is 27.9 Å². The highest BCUT2D eigenvalue weighted by Crippen LogP contribution is 2.25. The first-order valence-corrected chi connectivity index (χ1v) is 11.8. The van der Waals surface area contributed by atoms with Crippen LogP contribution in [0.3, 0.4) is 0 Å². The molecule has 0 atom stereocenters. The molecule has 0 saturated heterocycles. The number of benzene rings is 2. The molecule has 0 spiro atoms. The first kappa shape index (κ1) is 22.6. The molecule has 3 rings (SSSR count). The van der Waals surface area contributed by atoms with Crippen molar-refractivity contribution in [2.24, 2.45) is 0 Å². The number of anilines is 4. The summed E-state index contributed by atoms with van der Waals surface area (Å²) in [5.74, 6) is 1.48. The van der Waals surface area contributed by atoms with E-state index in [2.05, 4.69) is 25.3 Å². The molecule has 3 N–H and O–H groups in total. The van der Waals surface area contributed by atoms with Crippen molar-refractivity contribution >= 4 is 33.2 Å². The van der Waals surface area contributed by atoms with Crippen molar-refractivity contribution in [3.8, 4) is 0 Å². The number of aromatic nitrogens is 2. The minimum absolute atomic E-state index is 0.249. The van der Waals surface area contributed by atoms with E-state index < -0.39 is 10.0 Å². The molecule has 0 unspecified atom stereocenters. The van der Waals surface area contributed by atoms with Crippen LogP contribution in [0.2, 0.25) is 0 Å². The van der Waals surface area contributed by atoms with E-state index in [-0.39, 0.29) is 5.92 Å². The average molecular weight is 440 g/mol. The molecule has 0 radical (unpaired) electrons. The van der Waals surface area contributed by atoms with E-state index >= 15 is 0 Å². The van der Waals surface area contributed by atoms with Crippen molar-refractivity contribution in [1.29, 1.82) is 0 Å². The van der Waals surface area contributed by atoms with Gasteiger partial charge in [-0.15, -0.1) is 0 Å². The van der Waals surface area contributed by atoms with Gasteiger partial charge in [0.15, 0.2) is 0 Å². The molecule has 31 heavy (non-hydrogen) atoms. The Morgan fingerprint density at radius 3 is 2.26 bits per heavy atom. The number of nitrogens with zero attached hydrogens (tertiary/aromatic N) is 2. The van der Waals surface area contributed by atoms with E-state index in [0.717, 1.165) is 23.5 Å². The monoisotopic (exact) mass is 439 g/mol. The van der Waals surface area contributed by atoms with Crippen LogP contribution in [0.5, 0.6) is 0 Å². The fourth-order valence-corrected chi connectivity index (χ4v) is 4.45. The third-order valence-corrected chi connectivity index (χ3v) is 6.29. The van der Waals surface area contributed by atoms with Gasteiger partial charge in [-0.3, -0.25) is 4.72 Å². The van der Waals surface area contributed by atoms with Gasteiger partial charge in [0, 0.05) is 29.7 Å². The Morgan fingerprint density at radius 2 is 1.61 bits per heavy atom. The lowest BCUT2D eigenvalue weighted by Crippen LogP contribution is -2.14. The Kier molecular flexibility index (Phi) is 6.80. The quantitative estimate of drug-likeness (QED) is 0.447. The summed E-state index contributed by atoms with van der Waals surface area (Å²) < 4.78 is 28.6. The third-order valence-electron chi connectivity index (χ3n) is 4.77. The summed E-state index contributed by atoms with van der Waals surface area (Å²) in [5.41, 5.74) is 3.83. The number of aryl methyl sites for hydroxylation is 2. The first-order valence-electron chi connectivity index (χ1n) is 10.3. The Morgan fingerprint density at radius 1 is 0.935 bits per heavy atom. The summed E-state index contributed by atoms with van der Waals surface area (Å²) >= 11 is 0. The second-order valence-electron chi connectivity index (χ2n) is 7.74. The van der Waals surface area contributed by atoms with Gasteiger partial charge in [-0.2, -0.15) is 4.98 Å². The molecule has 2 aromatic carbocycles. The third kappa shape index (κ3) is 5.73. The van der Waals surface area contributed by atoms with Gasteiger partial charge in [0.1, 0.15) is 5.82 Å². The minimum Gasteiger partial charge on any atom is -0.354 e. The summed E-state index contributed by atoms with van der Waals surface area (Å²) in [6.45, 7) is 10.5. The smallest absolute Gasteiger partial charge is 0.262 e. The highest BCUT2D eigenvalue weighted by atomic mass is 32.2. The maximum absolute atomic E-state index is 13.0. The van der Waals surface area contributed by atoms with Crippen LogP contribution in [0.1, 0.15) is 43.5 Å². The first-order chi connectivity index (χ1) is 14.7. The zero-order valence-electron chi connectivity index (χ0n) is 18.5. The van der Waals surface area contributed by atoms with Crippen molar-refractivity contribution in [1.82, 2.24) is 9.97 Å². The molecule has 0 aliphatic heterocycles. The molecular weight excluding hydrogens is 410 g/mol. The van der Waals surface area contributed by atoms with E-state index in [1.165, 1.54) is 0 Å². The predicted molar refractivity (Wildman–Crippen MR) is 127 cm³/mol. The number of rotatable bonds is 8. The summed E-state index contributed by atoms with van der Waals surface area (Å²) in [4.78, 5) is 9.06. The van der Waals surface area contributed by atoms with Gasteiger partial charge >= 0.3 is 0 Å². The van der Waals surface area contributed by atoms with Crippen LogP contribution in [-0.4, -0.2) is 24.9 Å². The average Bonchev–Trinajstić information content (AvgIpc) is 2.69. The van der Waals surface area contributed by atoms with Crippen LogP contribution in [0.25, 0.3) is 0 Å². The molecule has 164 valence electrons. The zero-order valence-corrected chi connectivity index (χ0v) is 19.3. The lowest BCUT2D eigenvalue weighted by atomic mass is 10.0. The van der Waals surface area contributed by atoms with Crippen LogP contribution in [0, 0.1) is 13.8 Å². The Hall–Kier alpha value is -3.13. The lowest BCUT2D eigenvalue weighted by molar-refractivity contribution is 0.600. The minimum atomic E-state index is -3.69. The molecule has 0 aliphatic rings. The van der Waals surface area contributed by atoms with Crippen molar-refractivity contribution < 1.29 is 8.42 Å². The molecule has 0 fully saturated rings. The van der Waals surface area contributed by atoms with E-state index in [9.17, 15) is 8.42 Å². The maximum Gasteiger partial charge on any atom is 0.262 e. The second kappa shape index (κ2) is 9.34. The Balaban J connectivity index is 1.77. The van der Waals surface area contributed by atoms with Gasteiger partial charge in [-0.1, -0.05) is 26.0 Å². The number of sulfonamides is 1. The van der Waals surface area contributed by atoms with Crippen LogP contribution in [0.15, 0.2) is 53.4 Å². The topological polar surface area (TPSA) is 96.0 Å². The van der Waals surface area contributed by atoms with Crippen LogP contribution in [-0.2, 0) is 10.0 Å². The molecule has 1 heterocycles. The van der Waals surface area contributed by atoms with Gasteiger partial charge in [0.25, 0.3) is 10.0 Å². The summed E-state index contributed by atoms with van der Waals surface area (Å²) in [6.07, 6.45) is 0. The standard InChI is InChI=1S/C23H29N5O2S/c1-6-24-23-25-17(5)13-22(27-23)26-19-9-11-20(12-10-19)28-31(29,30)21-14-18(15(2)3)8-7-16(21)4/h7-15,28H,6H2,1-5H3,(H2,24,25,26,27). The summed E-state index contributed by atoms with van der Waals surface area (Å²) in [6, 6.07) is 14.5. The summed E-state index contributed by atoms with van der Waals surface area (Å²) in [5, 5.41) is 6.33. The van der Waals surface area contributed by atoms with Crippen molar-refractivity contribution in [3.63, 3.8) is 0 Å². The van der Waals surface area contributed by atoms with E-state index in [1.54, 1.807) is 37.3 Å². The highest BCUT2D eigenvalue weighted by molar-refractivity contribution is 7.92. The normalized spacial score (nSPS) is 11.4. The molecule has 7 nitrogen and oxygen atoms in total. The molecule has 8 heteroatoms. The second-order valence-corrected chi connectivity index (χ2v) is 9.39. The van der Waals surface area contributed by atoms with Crippen molar-refractivity contribution in [3.05, 3.63) is 65.4 Å². The molecule has 3 aromatic rings. The molecular formula is C23H29N5O2S. The van der Waals surface area contributed by atoms with Gasteiger partial charge in [-0.05, 0) is 68.1 Å². The fraction of sp³-hybridized carbons (Fsp3) is 0.304. The molecule has 0 saturated carbocycles. The largest absolute Gasteiger partial charge is 0.354 e. The highest BCUT2D eigenvalue weighted by Gasteiger charge is 2.18. The maximum atomic E-state index is 13.0. The van der Waals surface area contributed by atoms with E-state index in [1.807, 2.05) is 45.9 Å². The van der Waals surface area contributed by atoms with E-state index in [4.69, 9.17) is 0 Å². The Labute approximate surface area is 184 Å². The number of hydrogen-bond donors (Lipinski definition) is 3. The molecule has 0 bridgehead atoms. The SMILES string of the molecule is CCNc1nc(C)cc(Nc2ccc(NS(=O)(=O)c3cc(C(C)C)ccc3C)cc2)n1. The lowest BCUT2D eigenvalue weighted by Gasteiger charge is -2.14. The van der Waals surface area contributed by atoms with Crippen LogP contribution >= 0.6 is 0 Å². The number of hydrogen-bond acceptors (Lipinski definition) is 6. The number of nitrogens with one attached hydrogen (secondary N) is 3. The summed E-state index contributed by atoms with van der Waals surface area (Å²) in [7, 11) is -3.69. The molecule has 0 aliphatic carbocycles. The predicted octanol–water partition coefficient (Wildman–Crippen LogP) is 5.19.